The van der Waals surface area contributed by atoms with Crippen LogP contribution in [0.15, 0.2) is 30.3 Å². The van der Waals surface area contributed by atoms with Crippen LogP contribution in [0.3, 0.4) is 0 Å². The number of benzene rings is 1. The zero-order valence-electron chi connectivity index (χ0n) is 8.79. The van der Waals surface area contributed by atoms with Crippen molar-refractivity contribution in [2.75, 3.05) is 0 Å². The van der Waals surface area contributed by atoms with Gasteiger partial charge in [-0.15, -0.1) is 11.3 Å². The van der Waals surface area contributed by atoms with E-state index >= 15 is 0 Å². The lowest BCUT2D eigenvalue weighted by atomic mass is 9.94. The van der Waals surface area contributed by atoms with Crippen LogP contribution < -0.4 is 0 Å². The van der Waals surface area contributed by atoms with Crippen LogP contribution in [0.1, 0.15) is 10.8 Å². The van der Waals surface area contributed by atoms with E-state index < -0.39 is 11.8 Å². The van der Waals surface area contributed by atoms with E-state index in [1.165, 1.54) is 11.3 Å². The summed E-state index contributed by atoms with van der Waals surface area (Å²) in [5, 5.41) is 27.8. The highest BCUT2D eigenvalue weighted by Crippen LogP contribution is 2.34. The molecule has 80 valence electrons. The molecule has 0 spiro atoms. The Bertz CT molecular complexity index is 619. The fraction of sp³-hybridized carbons (Fsp3) is 0.154. The molecule has 0 aliphatic rings. The molecule has 1 unspecified atom stereocenters. The lowest BCUT2D eigenvalue weighted by molar-refractivity contribution is 0.758. The molecule has 0 fully saturated rings. The van der Waals surface area contributed by atoms with Crippen LogP contribution in [0.25, 0.3) is 10.1 Å². The molecule has 0 radical (unpaired) electrons. The molecule has 1 aromatic carbocycles. The van der Waals surface area contributed by atoms with Gasteiger partial charge < -0.3 is 0 Å². The van der Waals surface area contributed by atoms with Crippen LogP contribution in [-0.4, -0.2) is 0 Å². The summed E-state index contributed by atoms with van der Waals surface area (Å²) in [6, 6.07) is 15.4. The fourth-order valence-corrected chi connectivity index (χ4v) is 2.78. The highest BCUT2D eigenvalue weighted by Gasteiger charge is 2.24. The van der Waals surface area contributed by atoms with Crippen LogP contribution in [0.4, 0.5) is 0 Å². The van der Waals surface area contributed by atoms with Crippen LogP contribution in [0.2, 0.25) is 0 Å². The van der Waals surface area contributed by atoms with E-state index in [2.05, 4.69) is 0 Å². The van der Waals surface area contributed by atoms with Crippen molar-refractivity contribution in [3.05, 3.63) is 35.2 Å². The zero-order chi connectivity index (χ0) is 12.3. The third-order valence-electron chi connectivity index (χ3n) is 2.50. The first kappa shape index (κ1) is 11.1. The quantitative estimate of drug-likeness (QED) is 0.805. The third kappa shape index (κ3) is 1.97. The van der Waals surface area contributed by atoms with Crippen molar-refractivity contribution in [3.63, 3.8) is 0 Å². The van der Waals surface area contributed by atoms with Crippen molar-refractivity contribution in [2.24, 2.45) is 5.92 Å². The maximum Gasteiger partial charge on any atom is 0.153 e. The lowest BCUT2D eigenvalue weighted by Crippen LogP contribution is -2.05. The summed E-state index contributed by atoms with van der Waals surface area (Å²) in [6.07, 6.45) is 0. The molecular formula is C13H7N3S. The van der Waals surface area contributed by atoms with E-state index in [1.54, 1.807) is 0 Å². The molecule has 4 heteroatoms. The van der Waals surface area contributed by atoms with Gasteiger partial charge in [0.15, 0.2) is 5.92 Å². The Morgan fingerprint density at radius 3 is 2.29 bits per heavy atom. The standard InChI is InChI=1S/C13H7N3S/c14-6-10(7-15)11(8-16)13-5-9-3-1-2-4-12(9)17-13/h1-5,10-11H. The molecule has 0 saturated carbocycles. The second-order valence-corrected chi connectivity index (χ2v) is 4.64. The second-order valence-electron chi connectivity index (χ2n) is 3.53. The Hall–Kier alpha value is -2.35. The van der Waals surface area contributed by atoms with Crippen molar-refractivity contribution in [1.29, 1.82) is 15.8 Å². The predicted molar refractivity (Wildman–Crippen MR) is 64.9 cm³/mol. The number of rotatable bonds is 2. The van der Waals surface area contributed by atoms with Crippen LogP contribution in [0.5, 0.6) is 0 Å². The van der Waals surface area contributed by atoms with Gasteiger partial charge in [0, 0.05) is 9.58 Å². The van der Waals surface area contributed by atoms with E-state index in [4.69, 9.17) is 15.8 Å². The molecule has 1 aromatic heterocycles. The summed E-state index contributed by atoms with van der Waals surface area (Å²) < 4.78 is 1.07. The number of fused-ring (bicyclic) bond motifs is 1. The molecule has 0 saturated heterocycles. The van der Waals surface area contributed by atoms with E-state index in [0.29, 0.717) is 0 Å². The van der Waals surface area contributed by atoms with Crippen LogP contribution in [0, 0.1) is 39.9 Å². The maximum absolute atomic E-state index is 9.09. The molecule has 2 aromatic rings. The molecular weight excluding hydrogens is 230 g/mol. The maximum atomic E-state index is 9.09. The van der Waals surface area contributed by atoms with Crippen molar-refractivity contribution in [1.82, 2.24) is 0 Å². The van der Waals surface area contributed by atoms with Gasteiger partial charge >= 0.3 is 0 Å². The van der Waals surface area contributed by atoms with Gasteiger partial charge in [0.25, 0.3) is 0 Å². The first-order chi connectivity index (χ1) is 8.30. The first-order valence-corrected chi connectivity index (χ1v) is 5.79. The molecule has 0 amide bonds. The Balaban J connectivity index is 2.49. The number of hydrogen-bond acceptors (Lipinski definition) is 4. The smallest absolute Gasteiger partial charge is 0.153 e. The number of thiophene rings is 1. The Morgan fingerprint density at radius 1 is 1.00 bits per heavy atom. The summed E-state index contributed by atoms with van der Waals surface area (Å²) in [4.78, 5) is 0.779. The molecule has 2 rings (SSSR count). The summed E-state index contributed by atoms with van der Waals surface area (Å²) in [5.74, 6) is -1.57. The summed E-state index contributed by atoms with van der Waals surface area (Å²) in [5.41, 5.74) is 0. The SMILES string of the molecule is N#CC(C#N)C(C#N)c1cc2ccccc2s1. The van der Waals surface area contributed by atoms with Gasteiger partial charge in [-0.3, -0.25) is 0 Å². The molecule has 17 heavy (non-hydrogen) atoms. The summed E-state index contributed by atoms with van der Waals surface area (Å²) >= 11 is 1.46. The Morgan fingerprint density at radius 2 is 1.71 bits per heavy atom. The van der Waals surface area contributed by atoms with E-state index in [9.17, 15) is 0 Å². The van der Waals surface area contributed by atoms with Crippen LogP contribution in [-0.2, 0) is 0 Å². The van der Waals surface area contributed by atoms with E-state index in [-0.39, 0.29) is 0 Å². The Kier molecular flexibility index (Phi) is 3.06. The fourth-order valence-electron chi connectivity index (χ4n) is 1.64. The van der Waals surface area contributed by atoms with Gasteiger partial charge in [0.1, 0.15) is 5.92 Å². The van der Waals surface area contributed by atoms with Crippen molar-refractivity contribution in [2.45, 2.75) is 5.92 Å². The monoisotopic (exact) mass is 237 g/mol. The molecule has 0 bridgehead atoms. The predicted octanol–water partition coefficient (Wildman–Crippen LogP) is 3.17. The molecule has 1 atom stereocenters. The largest absolute Gasteiger partial charge is 0.198 e. The van der Waals surface area contributed by atoms with Crippen molar-refractivity contribution < 1.29 is 0 Å². The third-order valence-corrected chi connectivity index (χ3v) is 3.70. The molecule has 0 aliphatic heterocycles. The number of nitrogens with zero attached hydrogens (tertiary/aromatic N) is 3. The van der Waals surface area contributed by atoms with Gasteiger partial charge in [-0.2, -0.15) is 15.8 Å². The van der Waals surface area contributed by atoms with Gasteiger partial charge in [-0.1, -0.05) is 18.2 Å². The lowest BCUT2D eigenvalue weighted by Gasteiger charge is -2.04. The summed E-state index contributed by atoms with van der Waals surface area (Å²) in [7, 11) is 0. The number of nitriles is 3. The second kappa shape index (κ2) is 4.66. The molecule has 0 N–H and O–H groups in total. The number of hydrogen-bond donors (Lipinski definition) is 0. The first-order valence-electron chi connectivity index (χ1n) is 4.97. The average molecular weight is 237 g/mol. The molecule has 1 heterocycles. The Labute approximate surface area is 103 Å². The highest BCUT2D eigenvalue weighted by molar-refractivity contribution is 7.19. The summed E-state index contributed by atoms with van der Waals surface area (Å²) in [6.45, 7) is 0. The average Bonchev–Trinajstić information content (AvgIpc) is 2.78. The minimum Gasteiger partial charge on any atom is -0.198 e. The van der Waals surface area contributed by atoms with Crippen molar-refractivity contribution >= 4 is 21.4 Å². The van der Waals surface area contributed by atoms with Gasteiger partial charge in [-0.05, 0) is 17.5 Å². The van der Waals surface area contributed by atoms with E-state index in [0.717, 1.165) is 15.0 Å². The van der Waals surface area contributed by atoms with Gasteiger partial charge in [0.05, 0.1) is 18.2 Å². The normalized spacial score (nSPS) is 11.6. The highest BCUT2D eigenvalue weighted by atomic mass is 32.1. The van der Waals surface area contributed by atoms with Gasteiger partial charge in [0.2, 0.25) is 0 Å². The minimum absolute atomic E-state index is 0.664. The zero-order valence-corrected chi connectivity index (χ0v) is 9.61. The molecule has 0 aliphatic carbocycles. The van der Waals surface area contributed by atoms with E-state index in [1.807, 2.05) is 48.5 Å². The van der Waals surface area contributed by atoms with Crippen molar-refractivity contribution in [3.8, 4) is 18.2 Å². The molecule has 3 nitrogen and oxygen atoms in total. The van der Waals surface area contributed by atoms with Gasteiger partial charge in [-0.25, -0.2) is 0 Å². The minimum atomic E-state index is -0.909. The topological polar surface area (TPSA) is 71.4 Å². The van der Waals surface area contributed by atoms with Crippen LogP contribution >= 0.6 is 11.3 Å².